The fourth-order valence-electron chi connectivity index (χ4n) is 4.82. The van der Waals surface area contributed by atoms with Crippen molar-refractivity contribution in [3.8, 4) is 5.75 Å². The second-order valence-electron chi connectivity index (χ2n) is 9.25. The van der Waals surface area contributed by atoms with Gasteiger partial charge in [0.2, 0.25) is 5.91 Å². The van der Waals surface area contributed by atoms with Gasteiger partial charge < -0.3 is 9.64 Å². The fraction of sp³-hybridized carbons (Fsp3) is 0.462. The number of benzene rings is 2. The van der Waals surface area contributed by atoms with E-state index in [-0.39, 0.29) is 43.0 Å². The number of rotatable bonds is 7. The first kappa shape index (κ1) is 27.2. The van der Waals surface area contributed by atoms with Crippen LogP contribution in [0.4, 0.5) is 0 Å². The van der Waals surface area contributed by atoms with Gasteiger partial charge in [-0.1, -0.05) is 41.4 Å². The largest absolute Gasteiger partial charge is 0.425 e. The van der Waals surface area contributed by atoms with E-state index in [1.165, 1.54) is 0 Å². The van der Waals surface area contributed by atoms with E-state index >= 15 is 0 Å². The van der Waals surface area contributed by atoms with Crippen molar-refractivity contribution < 1.29 is 14.3 Å². The molecule has 0 bridgehead atoms. The minimum Gasteiger partial charge on any atom is -0.425 e. The molecule has 1 heterocycles. The van der Waals surface area contributed by atoms with Gasteiger partial charge in [-0.05, 0) is 65.3 Å². The SMILES string of the molecule is Cc1ccc(C2(CC(=O)N(C)C(C)N(C(C)C)C(C)C)C(=O)Oc3ccc(Cl)cc32)cc1.Cl. The van der Waals surface area contributed by atoms with Crippen LogP contribution in [0, 0.1) is 6.92 Å². The van der Waals surface area contributed by atoms with Gasteiger partial charge in [0.1, 0.15) is 11.2 Å². The summed E-state index contributed by atoms with van der Waals surface area (Å²) in [4.78, 5) is 31.0. The number of carbonyl (C=O) groups is 2. The molecule has 33 heavy (non-hydrogen) atoms. The third-order valence-corrected chi connectivity index (χ3v) is 6.73. The molecule has 0 N–H and O–H groups in total. The summed E-state index contributed by atoms with van der Waals surface area (Å²) < 4.78 is 5.65. The molecule has 0 fully saturated rings. The Morgan fingerprint density at radius 3 is 2.15 bits per heavy atom. The third-order valence-electron chi connectivity index (χ3n) is 6.49. The highest BCUT2D eigenvalue weighted by Gasteiger charge is 2.52. The lowest BCUT2D eigenvalue weighted by Crippen LogP contribution is -2.54. The number of carbonyl (C=O) groups excluding carboxylic acids is 2. The number of nitrogens with zero attached hydrogens (tertiary/aromatic N) is 2. The van der Waals surface area contributed by atoms with Crippen LogP contribution in [0.3, 0.4) is 0 Å². The molecule has 3 rings (SSSR count). The predicted octanol–water partition coefficient (Wildman–Crippen LogP) is 5.59. The molecule has 2 aromatic rings. The highest BCUT2D eigenvalue weighted by atomic mass is 35.5. The van der Waals surface area contributed by atoms with E-state index in [4.69, 9.17) is 16.3 Å². The molecule has 0 aromatic heterocycles. The first-order chi connectivity index (χ1) is 15.0. The second-order valence-corrected chi connectivity index (χ2v) is 9.69. The number of esters is 1. The molecule has 1 aliphatic rings. The molecule has 7 heteroatoms. The van der Waals surface area contributed by atoms with E-state index in [2.05, 4.69) is 32.6 Å². The average molecular weight is 493 g/mol. The number of ether oxygens (including phenoxy) is 1. The van der Waals surface area contributed by atoms with E-state index in [0.717, 1.165) is 11.1 Å². The van der Waals surface area contributed by atoms with Gasteiger partial charge in [-0.3, -0.25) is 14.5 Å². The Balaban J connectivity index is 0.00000385. The lowest BCUT2D eigenvalue weighted by atomic mass is 9.72. The van der Waals surface area contributed by atoms with Gasteiger partial charge in [-0.15, -0.1) is 12.4 Å². The van der Waals surface area contributed by atoms with Crippen molar-refractivity contribution in [1.29, 1.82) is 0 Å². The zero-order valence-corrected chi connectivity index (χ0v) is 22.0. The number of aryl methyl sites for hydroxylation is 1. The number of amides is 1. The minimum absolute atomic E-state index is 0. The Hall–Kier alpha value is -2.08. The molecule has 2 unspecified atom stereocenters. The molecule has 0 saturated carbocycles. The Labute approximate surface area is 208 Å². The molecule has 180 valence electrons. The average Bonchev–Trinajstić information content (AvgIpc) is 2.99. The molecule has 2 atom stereocenters. The maximum atomic E-state index is 13.6. The van der Waals surface area contributed by atoms with E-state index in [9.17, 15) is 9.59 Å². The van der Waals surface area contributed by atoms with E-state index in [1.54, 1.807) is 30.1 Å². The maximum absolute atomic E-state index is 13.6. The highest BCUT2D eigenvalue weighted by molar-refractivity contribution is 6.30. The van der Waals surface area contributed by atoms with Crippen LogP contribution >= 0.6 is 24.0 Å². The molecular formula is C26H34Cl2N2O3. The van der Waals surface area contributed by atoms with Gasteiger partial charge in [-0.2, -0.15) is 0 Å². The van der Waals surface area contributed by atoms with Crippen LogP contribution in [0.5, 0.6) is 5.75 Å². The summed E-state index contributed by atoms with van der Waals surface area (Å²) in [7, 11) is 1.80. The molecule has 0 radical (unpaired) electrons. The molecule has 1 amide bonds. The van der Waals surface area contributed by atoms with Gasteiger partial charge in [0.15, 0.2) is 0 Å². The Morgan fingerprint density at radius 2 is 1.61 bits per heavy atom. The van der Waals surface area contributed by atoms with Crippen LogP contribution in [0.1, 0.15) is 57.7 Å². The summed E-state index contributed by atoms with van der Waals surface area (Å²) >= 11 is 6.30. The molecular weight excluding hydrogens is 459 g/mol. The van der Waals surface area contributed by atoms with Gasteiger partial charge in [-0.25, -0.2) is 0 Å². The second kappa shape index (κ2) is 10.5. The van der Waals surface area contributed by atoms with Gasteiger partial charge >= 0.3 is 5.97 Å². The topological polar surface area (TPSA) is 49.9 Å². The van der Waals surface area contributed by atoms with Crippen LogP contribution in [-0.4, -0.2) is 47.0 Å². The highest BCUT2D eigenvalue weighted by Crippen LogP contribution is 2.48. The summed E-state index contributed by atoms with van der Waals surface area (Å²) in [5.41, 5.74) is 1.20. The van der Waals surface area contributed by atoms with Crippen molar-refractivity contribution in [2.24, 2.45) is 0 Å². The van der Waals surface area contributed by atoms with E-state index in [0.29, 0.717) is 16.3 Å². The number of fused-ring (bicyclic) bond motifs is 1. The smallest absolute Gasteiger partial charge is 0.327 e. The standard InChI is InChI=1S/C26H33ClN2O3.ClH/c1-16(2)29(17(3)4)19(6)28(7)24(30)15-26(20-10-8-18(5)9-11-20)22-14-21(27)12-13-23(22)32-25(26)31;/h8-14,16-17,19H,15H2,1-7H3;1H. The van der Waals surface area contributed by atoms with Crippen molar-refractivity contribution in [1.82, 2.24) is 9.80 Å². The molecule has 2 aromatic carbocycles. The number of hydrogen-bond acceptors (Lipinski definition) is 4. The zero-order valence-electron chi connectivity index (χ0n) is 20.4. The first-order valence-electron chi connectivity index (χ1n) is 11.1. The van der Waals surface area contributed by atoms with Gasteiger partial charge in [0, 0.05) is 29.7 Å². The predicted molar refractivity (Wildman–Crippen MR) is 135 cm³/mol. The van der Waals surface area contributed by atoms with Crippen molar-refractivity contribution in [3.63, 3.8) is 0 Å². The summed E-state index contributed by atoms with van der Waals surface area (Å²) in [5.74, 6) is -0.124. The molecule has 0 aliphatic carbocycles. The number of halogens is 2. The first-order valence-corrected chi connectivity index (χ1v) is 11.5. The van der Waals surface area contributed by atoms with Crippen molar-refractivity contribution in [3.05, 3.63) is 64.2 Å². The summed E-state index contributed by atoms with van der Waals surface area (Å²) in [6, 6.07) is 13.4. The molecule has 0 spiro atoms. The van der Waals surface area contributed by atoms with Crippen LogP contribution in [-0.2, 0) is 15.0 Å². The van der Waals surface area contributed by atoms with Crippen LogP contribution in [0.2, 0.25) is 5.02 Å². The molecule has 0 saturated heterocycles. The normalized spacial score (nSPS) is 18.2. The maximum Gasteiger partial charge on any atom is 0.327 e. The summed E-state index contributed by atoms with van der Waals surface area (Å²) in [5, 5.41) is 0.499. The summed E-state index contributed by atoms with van der Waals surface area (Å²) in [6.45, 7) is 12.5. The number of hydrogen-bond donors (Lipinski definition) is 0. The summed E-state index contributed by atoms with van der Waals surface area (Å²) in [6.07, 6.45) is -0.165. The Morgan fingerprint density at radius 1 is 1.03 bits per heavy atom. The monoisotopic (exact) mass is 492 g/mol. The quantitative estimate of drug-likeness (QED) is 0.287. The van der Waals surface area contributed by atoms with Gasteiger partial charge in [0.25, 0.3) is 0 Å². The minimum atomic E-state index is -1.24. The zero-order chi connectivity index (χ0) is 23.8. The van der Waals surface area contributed by atoms with Crippen molar-refractivity contribution >= 4 is 35.9 Å². The van der Waals surface area contributed by atoms with E-state index < -0.39 is 11.4 Å². The van der Waals surface area contributed by atoms with Crippen molar-refractivity contribution in [2.75, 3.05) is 7.05 Å². The molecule has 5 nitrogen and oxygen atoms in total. The van der Waals surface area contributed by atoms with Gasteiger partial charge in [0.05, 0.1) is 12.6 Å². The Bertz CT molecular complexity index is 999. The van der Waals surface area contributed by atoms with Crippen molar-refractivity contribution in [2.45, 2.75) is 71.6 Å². The fourth-order valence-corrected chi connectivity index (χ4v) is 4.99. The lowest BCUT2D eigenvalue weighted by molar-refractivity contribution is -0.144. The third kappa shape index (κ3) is 5.06. The lowest BCUT2D eigenvalue weighted by Gasteiger charge is -2.41. The van der Waals surface area contributed by atoms with Crippen LogP contribution in [0.15, 0.2) is 42.5 Å². The Kier molecular flexibility index (Phi) is 8.61. The molecule has 1 aliphatic heterocycles. The van der Waals surface area contributed by atoms with E-state index in [1.807, 2.05) is 38.1 Å². The van der Waals surface area contributed by atoms with Crippen LogP contribution in [0.25, 0.3) is 0 Å². The van der Waals surface area contributed by atoms with Crippen LogP contribution < -0.4 is 4.74 Å².